The van der Waals surface area contributed by atoms with Gasteiger partial charge in [0, 0.05) is 26.2 Å². The molecule has 0 radical (unpaired) electrons. The molecule has 1 aliphatic heterocycles. The van der Waals surface area contributed by atoms with Crippen molar-refractivity contribution in [3.05, 3.63) is 34.2 Å². The van der Waals surface area contributed by atoms with Gasteiger partial charge in [0.25, 0.3) is 15.9 Å². The van der Waals surface area contributed by atoms with Crippen molar-refractivity contribution in [3.63, 3.8) is 0 Å². The summed E-state index contributed by atoms with van der Waals surface area (Å²) in [5.41, 5.74) is 5.46. The number of thiophene rings is 1. The highest BCUT2D eigenvalue weighted by Crippen LogP contribution is 2.23. The van der Waals surface area contributed by atoms with Crippen molar-refractivity contribution in [2.45, 2.75) is 5.09 Å². The highest BCUT2D eigenvalue weighted by atomic mass is 32.2. The number of carbonyl (C=O) groups excluding carboxylic acids is 3. The monoisotopic (exact) mass is 456 g/mol. The van der Waals surface area contributed by atoms with E-state index in [1.165, 1.54) is 23.5 Å². The number of nitrogens with two attached hydrogens (primary N) is 1. The van der Waals surface area contributed by atoms with Gasteiger partial charge in [0.1, 0.15) is 4.88 Å². The maximum absolute atomic E-state index is 12.6. The first-order valence-corrected chi connectivity index (χ1v) is 11.1. The number of amides is 2. The number of primary amides is 1. The molecule has 13 heteroatoms. The van der Waals surface area contributed by atoms with Gasteiger partial charge in [-0.2, -0.15) is 4.31 Å². The van der Waals surface area contributed by atoms with Crippen LogP contribution < -0.4 is 11.1 Å². The topological polar surface area (TPSA) is 152 Å². The molecule has 0 aromatic carbocycles. The van der Waals surface area contributed by atoms with E-state index in [0.717, 1.165) is 11.3 Å². The van der Waals surface area contributed by atoms with Crippen LogP contribution in [0.2, 0.25) is 0 Å². The van der Waals surface area contributed by atoms with Crippen molar-refractivity contribution < 1.29 is 32.0 Å². The predicted molar refractivity (Wildman–Crippen MR) is 107 cm³/mol. The van der Waals surface area contributed by atoms with Crippen molar-refractivity contribution >= 4 is 44.8 Å². The summed E-state index contributed by atoms with van der Waals surface area (Å²) >= 11 is 1.16. The Labute approximate surface area is 176 Å². The van der Waals surface area contributed by atoms with Gasteiger partial charge in [-0.25, -0.2) is 13.2 Å². The Morgan fingerprint density at radius 1 is 1.20 bits per heavy atom. The van der Waals surface area contributed by atoms with Crippen LogP contribution in [0.15, 0.2) is 33.1 Å². The second kappa shape index (κ2) is 8.95. The molecule has 0 aliphatic carbocycles. The van der Waals surface area contributed by atoms with Crippen LogP contribution in [0.4, 0.5) is 5.69 Å². The number of hydrogen-bond acceptors (Lipinski definition) is 9. The molecule has 0 spiro atoms. The average Bonchev–Trinajstić information content (AvgIpc) is 3.38. The predicted octanol–water partition coefficient (Wildman–Crippen LogP) is 0.172. The third kappa shape index (κ3) is 4.70. The number of furan rings is 1. The zero-order valence-corrected chi connectivity index (χ0v) is 17.6. The first kappa shape index (κ1) is 22.0. The summed E-state index contributed by atoms with van der Waals surface area (Å²) in [6, 6.07) is 4.01. The molecule has 3 N–H and O–H groups in total. The Kier molecular flexibility index (Phi) is 6.55. The van der Waals surface area contributed by atoms with Crippen molar-refractivity contribution in [2.75, 3.05) is 45.2 Å². The summed E-state index contributed by atoms with van der Waals surface area (Å²) in [7, 11) is -2.64. The van der Waals surface area contributed by atoms with E-state index in [1.807, 2.05) is 0 Å². The van der Waals surface area contributed by atoms with Crippen molar-refractivity contribution in [2.24, 2.45) is 5.73 Å². The molecule has 2 aromatic heterocycles. The largest absolute Gasteiger partial charge is 0.465 e. The number of ether oxygens (including phenoxy) is 1. The summed E-state index contributed by atoms with van der Waals surface area (Å²) in [5, 5.41) is 3.99. The van der Waals surface area contributed by atoms with E-state index in [0.29, 0.717) is 23.7 Å². The van der Waals surface area contributed by atoms with E-state index in [-0.39, 0.29) is 36.4 Å². The van der Waals surface area contributed by atoms with E-state index in [4.69, 9.17) is 10.2 Å². The molecule has 0 bridgehead atoms. The highest BCUT2D eigenvalue weighted by molar-refractivity contribution is 7.89. The van der Waals surface area contributed by atoms with Gasteiger partial charge >= 0.3 is 5.97 Å². The Morgan fingerprint density at radius 2 is 1.90 bits per heavy atom. The van der Waals surface area contributed by atoms with Gasteiger partial charge in [0.05, 0.1) is 19.3 Å². The average molecular weight is 457 g/mol. The number of hydrogen-bond donors (Lipinski definition) is 2. The maximum Gasteiger partial charge on any atom is 0.350 e. The van der Waals surface area contributed by atoms with E-state index < -0.39 is 21.9 Å². The van der Waals surface area contributed by atoms with Gasteiger partial charge in [-0.3, -0.25) is 14.5 Å². The number of esters is 1. The van der Waals surface area contributed by atoms with Crippen molar-refractivity contribution in [3.8, 4) is 0 Å². The van der Waals surface area contributed by atoms with Crippen molar-refractivity contribution in [1.29, 1.82) is 0 Å². The molecular weight excluding hydrogens is 436 g/mol. The number of piperazine rings is 1. The second-order valence-corrected chi connectivity index (χ2v) is 9.15. The lowest BCUT2D eigenvalue weighted by atomic mass is 10.3. The molecule has 3 rings (SSSR count). The van der Waals surface area contributed by atoms with E-state index in [9.17, 15) is 22.8 Å². The fraction of sp³-hybridized carbons (Fsp3) is 0.353. The standard InChI is InChI=1S/C17H20N4O7S2/c1-27-17(24)15-11(4-9-29-15)19-13(22)10-20-5-7-21(8-6-20)30(25,26)14-3-2-12(28-14)16(18)23/h2-4,9H,5-8,10H2,1H3,(H2,18,23)(H,19,22). The Balaban J connectivity index is 1.55. The molecule has 1 fully saturated rings. The van der Waals surface area contributed by atoms with Crippen LogP contribution in [0.5, 0.6) is 0 Å². The zero-order valence-electron chi connectivity index (χ0n) is 16.0. The SMILES string of the molecule is COC(=O)c1sccc1NC(=O)CN1CCN(S(=O)(=O)c2ccc(C(N)=O)o2)CC1. The summed E-state index contributed by atoms with van der Waals surface area (Å²) in [6.07, 6.45) is 0. The molecule has 162 valence electrons. The second-order valence-electron chi connectivity index (χ2n) is 6.37. The van der Waals surface area contributed by atoms with Gasteiger partial charge in [-0.1, -0.05) is 0 Å². The van der Waals surface area contributed by atoms with E-state index >= 15 is 0 Å². The van der Waals surface area contributed by atoms with E-state index in [1.54, 1.807) is 16.3 Å². The molecule has 0 saturated carbocycles. The number of nitrogens with one attached hydrogen (secondary N) is 1. The summed E-state index contributed by atoms with van der Waals surface area (Å²) in [4.78, 5) is 37.2. The molecular formula is C17H20N4O7S2. The number of sulfonamides is 1. The molecule has 0 unspecified atom stereocenters. The fourth-order valence-electron chi connectivity index (χ4n) is 2.90. The number of rotatable bonds is 7. The molecule has 30 heavy (non-hydrogen) atoms. The normalized spacial score (nSPS) is 15.6. The third-order valence-electron chi connectivity index (χ3n) is 4.43. The molecule has 2 aromatic rings. The quantitative estimate of drug-likeness (QED) is 0.559. The van der Waals surface area contributed by atoms with Gasteiger partial charge in [0.2, 0.25) is 11.0 Å². The number of nitrogens with zero attached hydrogens (tertiary/aromatic N) is 2. The summed E-state index contributed by atoms with van der Waals surface area (Å²) in [6.45, 7) is 0.978. The summed E-state index contributed by atoms with van der Waals surface area (Å²) in [5.74, 6) is -1.94. The van der Waals surface area contributed by atoms with Crippen LogP contribution >= 0.6 is 11.3 Å². The first-order valence-electron chi connectivity index (χ1n) is 8.80. The van der Waals surface area contributed by atoms with Crippen LogP contribution in [0.25, 0.3) is 0 Å². The molecule has 11 nitrogen and oxygen atoms in total. The molecule has 3 heterocycles. The smallest absolute Gasteiger partial charge is 0.350 e. The molecule has 2 amide bonds. The Hall–Kier alpha value is -2.74. The maximum atomic E-state index is 12.6. The van der Waals surface area contributed by atoms with Gasteiger partial charge in [0.15, 0.2) is 5.76 Å². The van der Waals surface area contributed by atoms with Crippen LogP contribution in [0, 0.1) is 0 Å². The third-order valence-corrected chi connectivity index (χ3v) is 7.09. The van der Waals surface area contributed by atoms with Gasteiger partial charge < -0.3 is 20.2 Å². The number of anilines is 1. The number of carbonyl (C=O) groups is 3. The minimum Gasteiger partial charge on any atom is -0.465 e. The Bertz CT molecular complexity index is 1050. The fourth-order valence-corrected chi connectivity index (χ4v) is 5.00. The lowest BCUT2D eigenvalue weighted by molar-refractivity contribution is -0.117. The van der Waals surface area contributed by atoms with Crippen LogP contribution in [0.1, 0.15) is 20.2 Å². The van der Waals surface area contributed by atoms with E-state index in [2.05, 4.69) is 10.1 Å². The van der Waals surface area contributed by atoms with Crippen LogP contribution in [0.3, 0.4) is 0 Å². The highest BCUT2D eigenvalue weighted by Gasteiger charge is 2.32. The van der Waals surface area contributed by atoms with Gasteiger partial charge in [-0.15, -0.1) is 11.3 Å². The summed E-state index contributed by atoms with van der Waals surface area (Å²) < 4.78 is 36.2. The zero-order chi connectivity index (χ0) is 21.9. The van der Waals surface area contributed by atoms with Crippen LogP contribution in [-0.4, -0.2) is 75.2 Å². The molecule has 1 saturated heterocycles. The number of methoxy groups -OCH3 is 1. The minimum atomic E-state index is -3.90. The lowest BCUT2D eigenvalue weighted by Crippen LogP contribution is -2.50. The minimum absolute atomic E-state index is 0.0386. The Morgan fingerprint density at radius 3 is 2.50 bits per heavy atom. The lowest BCUT2D eigenvalue weighted by Gasteiger charge is -2.32. The molecule has 0 atom stereocenters. The van der Waals surface area contributed by atoms with Crippen LogP contribution in [-0.2, 0) is 19.6 Å². The van der Waals surface area contributed by atoms with Crippen molar-refractivity contribution in [1.82, 2.24) is 9.21 Å². The molecule has 1 aliphatic rings. The first-order chi connectivity index (χ1) is 14.2. The van der Waals surface area contributed by atoms with Gasteiger partial charge in [-0.05, 0) is 23.6 Å².